The van der Waals surface area contributed by atoms with Crippen LogP contribution in [-0.4, -0.2) is 45.1 Å². The molecule has 2 amide bonds. The van der Waals surface area contributed by atoms with Gasteiger partial charge in [0, 0.05) is 25.6 Å². The van der Waals surface area contributed by atoms with Crippen LogP contribution >= 0.6 is 11.8 Å². The van der Waals surface area contributed by atoms with E-state index in [0.29, 0.717) is 10.6 Å². The molecule has 142 valence electrons. The van der Waals surface area contributed by atoms with Crippen molar-refractivity contribution < 1.29 is 23.9 Å². The van der Waals surface area contributed by atoms with Crippen LogP contribution in [-0.2, 0) is 4.87 Å². The number of amides is 2. The molecule has 9 heteroatoms. The number of rotatable bonds is 4. The van der Waals surface area contributed by atoms with Crippen LogP contribution in [0.3, 0.4) is 0 Å². The Labute approximate surface area is 158 Å². The Bertz CT molecular complexity index is 879. The SMILES string of the molecule is CN(O)C(=O)N1N=C(c2cc(F)ccc2F)SC1(CCO)c1ccccc1. The molecule has 2 N–H and O–H groups in total. The van der Waals surface area contributed by atoms with E-state index >= 15 is 0 Å². The Kier molecular flexibility index (Phi) is 5.45. The summed E-state index contributed by atoms with van der Waals surface area (Å²) in [5, 5.41) is 24.9. The molecular formula is C18H17F2N3O3S. The van der Waals surface area contributed by atoms with Gasteiger partial charge in [0.15, 0.2) is 0 Å². The zero-order valence-electron chi connectivity index (χ0n) is 14.3. The van der Waals surface area contributed by atoms with E-state index in [1.54, 1.807) is 30.3 Å². The van der Waals surface area contributed by atoms with Crippen LogP contribution in [0.4, 0.5) is 13.6 Å². The molecule has 0 spiro atoms. The van der Waals surface area contributed by atoms with Crippen LogP contribution in [0.1, 0.15) is 17.5 Å². The third-order valence-electron chi connectivity index (χ3n) is 4.09. The third-order valence-corrected chi connectivity index (χ3v) is 5.54. The highest BCUT2D eigenvalue weighted by atomic mass is 32.2. The average Bonchev–Trinajstić information content (AvgIpc) is 3.04. The highest BCUT2D eigenvalue weighted by Gasteiger charge is 2.49. The van der Waals surface area contributed by atoms with Crippen molar-refractivity contribution >= 4 is 22.8 Å². The number of halogens is 2. The van der Waals surface area contributed by atoms with E-state index in [-0.39, 0.29) is 23.6 Å². The molecule has 0 radical (unpaired) electrons. The lowest BCUT2D eigenvalue weighted by Gasteiger charge is -2.35. The lowest BCUT2D eigenvalue weighted by molar-refractivity contribution is -0.0410. The van der Waals surface area contributed by atoms with E-state index in [2.05, 4.69) is 5.10 Å². The van der Waals surface area contributed by atoms with Gasteiger partial charge in [0.1, 0.15) is 21.5 Å². The fourth-order valence-electron chi connectivity index (χ4n) is 2.83. The second kappa shape index (κ2) is 7.63. The van der Waals surface area contributed by atoms with Gasteiger partial charge in [-0.2, -0.15) is 10.1 Å². The van der Waals surface area contributed by atoms with Crippen LogP contribution in [0.25, 0.3) is 0 Å². The van der Waals surface area contributed by atoms with E-state index in [4.69, 9.17) is 0 Å². The topological polar surface area (TPSA) is 76.4 Å². The maximum atomic E-state index is 14.3. The fourth-order valence-corrected chi connectivity index (χ4v) is 4.19. The quantitative estimate of drug-likeness (QED) is 0.617. The Morgan fingerprint density at radius 3 is 2.59 bits per heavy atom. The molecule has 0 fully saturated rings. The van der Waals surface area contributed by atoms with Crippen molar-refractivity contribution in [1.29, 1.82) is 0 Å². The van der Waals surface area contributed by atoms with Gasteiger partial charge in [0.05, 0.1) is 0 Å². The molecule has 2 aromatic rings. The molecule has 0 bridgehead atoms. The zero-order valence-corrected chi connectivity index (χ0v) is 15.2. The van der Waals surface area contributed by atoms with Crippen LogP contribution in [0, 0.1) is 11.6 Å². The molecule has 6 nitrogen and oxygen atoms in total. The van der Waals surface area contributed by atoms with E-state index < -0.39 is 22.5 Å². The minimum atomic E-state index is -1.22. The Hall–Kier alpha value is -2.49. The number of nitrogens with zero attached hydrogens (tertiary/aromatic N) is 3. The predicted octanol–water partition coefficient (Wildman–Crippen LogP) is 3.35. The van der Waals surface area contributed by atoms with Crippen LogP contribution in [0.15, 0.2) is 53.6 Å². The molecule has 0 aliphatic carbocycles. The predicted molar refractivity (Wildman–Crippen MR) is 97.1 cm³/mol. The van der Waals surface area contributed by atoms with E-state index in [0.717, 1.165) is 42.0 Å². The smallest absolute Gasteiger partial charge is 0.365 e. The van der Waals surface area contributed by atoms with Gasteiger partial charge in [-0.3, -0.25) is 5.21 Å². The largest absolute Gasteiger partial charge is 0.396 e. The molecule has 0 saturated heterocycles. The summed E-state index contributed by atoms with van der Waals surface area (Å²) < 4.78 is 27.9. The first-order chi connectivity index (χ1) is 12.9. The number of hydrogen-bond acceptors (Lipinski definition) is 5. The average molecular weight is 393 g/mol. The van der Waals surface area contributed by atoms with Gasteiger partial charge in [0.2, 0.25) is 0 Å². The van der Waals surface area contributed by atoms with E-state index in [1.165, 1.54) is 0 Å². The number of aliphatic hydroxyl groups is 1. The van der Waals surface area contributed by atoms with Gasteiger partial charge in [-0.25, -0.2) is 18.6 Å². The number of benzene rings is 2. The van der Waals surface area contributed by atoms with Gasteiger partial charge < -0.3 is 5.11 Å². The number of hydrazone groups is 1. The van der Waals surface area contributed by atoms with Crippen molar-refractivity contribution in [2.45, 2.75) is 11.3 Å². The molecule has 1 aliphatic rings. The molecule has 27 heavy (non-hydrogen) atoms. The summed E-state index contributed by atoms with van der Waals surface area (Å²) in [6.45, 7) is -0.296. The number of hydroxylamine groups is 2. The van der Waals surface area contributed by atoms with Gasteiger partial charge in [-0.15, -0.1) is 0 Å². The molecular weight excluding hydrogens is 376 g/mol. The molecule has 0 saturated carbocycles. The molecule has 0 aromatic heterocycles. The molecule has 1 unspecified atom stereocenters. The Morgan fingerprint density at radius 2 is 1.96 bits per heavy atom. The molecule has 2 aromatic carbocycles. The van der Waals surface area contributed by atoms with Crippen LogP contribution < -0.4 is 0 Å². The van der Waals surface area contributed by atoms with Gasteiger partial charge in [0.25, 0.3) is 0 Å². The van der Waals surface area contributed by atoms with Crippen molar-refractivity contribution in [3.63, 3.8) is 0 Å². The molecule has 3 rings (SSSR count). The number of carbonyl (C=O) groups is 1. The van der Waals surface area contributed by atoms with Gasteiger partial charge in [-0.05, 0) is 23.8 Å². The molecule has 1 aliphatic heterocycles. The zero-order chi connectivity index (χ0) is 19.6. The van der Waals surface area contributed by atoms with Gasteiger partial charge in [-0.1, -0.05) is 42.1 Å². The second-order valence-electron chi connectivity index (χ2n) is 5.87. The first-order valence-corrected chi connectivity index (χ1v) is 8.87. The van der Waals surface area contributed by atoms with E-state index in [1.807, 2.05) is 0 Å². The molecule has 1 heterocycles. The monoisotopic (exact) mass is 393 g/mol. The van der Waals surface area contributed by atoms with Crippen molar-refractivity contribution in [1.82, 2.24) is 10.1 Å². The summed E-state index contributed by atoms with van der Waals surface area (Å²) in [5.74, 6) is -1.34. The number of hydrogen-bond donors (Lipinski definition) is 2. The highest BCUT2D eigenvalue weighted by molar-refractivity contribution is 8.15. The van der Waals surface area contributed by atoms with Crippen molar-refractivity contribution in [2.75, 3.05) is 13.7 Å². The fraction of sp³-hybridized carbons (Fsp3) is 0.222. The summed E-state index contributed by atoms with van der Waals surface area (Å²) in [7, 11) is 1.14. The summed E-state index contributed by atoms with van der Waals surface area (Å²) in [6, 6.07) is 10.9. The van der Waals surface area contributed by atoms with Crippen LogP contribution in [0.5, 0.6) is 0 Å². The minimum absolute atomic E-state index is 0.0607. The number of aliphatic hydroxyl groups excluding tert-OH is 1. The lowest BCUT2D eigenvalue weighted by atomic mass is 10.0. The van der Waals surface area contributed by atoms with Gasteiger partial charge >= 0.3 is 6.03 Å². The summed E-state index contributed by atoms with van der Waals surface area (Å²) in [5.41, 5.74) is 0.518. The first kappa shape index (κ1) is 19.3. The van der Waals surface area contributed by atoms with E-state index in [9.17, 15) is 23.9 Å². The standard InChI is InChI=1S/C18H17F2N3O3S/c1-22(26)17(25)23-18(9-10-24,12-5-3-2-4-6-12)27-16(21-23)14-11-13(19)7-8-15(14)20/h2-8,11,24,26H,9-10H2,1H3. The maximum absolute atomic E-state index is 14.3. The first-order valence-electron chi connectivity index (χ1n) is 8.05. The minimum Gasteiger partial charge on any atom is -0.396 e. The number of thioether (sulfide) groups is 1. The van der Waals surface area contributed by atoms with Crippen molar-refractivity contribution in [2.24, 2.45) is 5.10 Å². The number of carbonyl (C=O) groups excluding carboxylic acids is 1. The highest BCUT2D eigenvalue weighted by Crippen LogP contribution is 2.50. The normalized spacial score (nSPS) is 19.1. The Balaban J connectivity index is 2.16. The summed E-state index contributed by atoms with van der Waals surface area (Å²) in [6.07, 6.45) is 0.0607. The van der Waals surface area contributed by atoms with Crippen LogP contribution in [0.2, 0.25) is 0 Å². The Morgan fingerprint density at radius 1 is 1.26 bits per heavy atom. The van der Waals surface area contributed by atoms with Crippen molar-refractivity contribution in [3.8, 4) is 0 Å². The molecule has 1 atom stereocenters. The summed E-state index contributed by atoms with van der Waals surface area (Å²) >= 11 is 1.02. The number of urea groups is 1. The third kappa shape index (κ3) is 3.53. The van der Waals surface area contributed by atoms with Crippen molar-refractivity contribution in [3.05, 3.63) is 71.3 Å². The summed E-state index contributed by atoms with van der Waals surface area (Å²) in [4.78, 5) is 11.3. The second-order valence-corrected chi connectivity index (χ2v) is 7.14. The maximum Gasteiger partial charge on any atom is 0.365 e. The lowest BCUT2D eigenvalue weighted by Crippen LogP contribution is -2.46.